The van der Waals surface area contributed by atoms with Crippen molar-refractivity contribution in [2.45, 2.75) is 13.2 Å². The molecule has 0 amide bonds. The Labute approximate surface area is 81.9 Å². The van der Waals surface area contributed by atoms with Crippen molar-refractivity contribution in [1.82, 2.24) is 4.98 Å². The summed E-state index contributed by atoms with van der Waals surface area (Å²) in [6.45, 7) is 2.65. The lowest BCUT2D eigenvalue weighted by Gasteiger charge is -2.08. The van der Waals surface area contributed by atoms with Gasteiger partial charge in [0.1, 0.15) is 5.69 Å². The average Bonchev–Trinajstić information content (AvgIpc) is 2.71. The van der Waals surface area contributed by atoms with Crippen molar-refractivity contribution in [3.05, 3.63) is 29.6 Å². The molecule has 1 aliphatic heterocycles. The summed E-state index contributed by atoms with van der Waals surface area (Å²) in [5.41, 5.74) is 1.11. The molecular formula is C10H11NO3. The maximum atomic E-state index is 11.1. The molecule has 2 heterocycles. The van der Waals surface area contributed by atoms with Crippen molar-refractivity contribution in [3.63, 3.8) is 0 Å². The predicted octanol–water partition coefficient (Wildman–Crippen LogP) is 1.33. The minimum Gasteiger partial charge on any atom is -0.345 e. The van der Waals surface area contributed by atoms with E-state index in [1.54, 1.807) is 18.2 Å². The summed E-state index contributed by atoms with van der Waals surface area (Å²) < 4.78 is 10.6. The molecular weight excluding hydrogens is 182 g/mol. The minimum atomic E-state index is -0.408. The molecule has 0 spiro atoms. The van der Waals surface area contributed by atoms with Crippen LogP contribution in [0.4, 0.5) is 0 Å². The largest absolute Gasteiger partial charge is 0.345 e. The number of aromatic nitrogens is 1. The predicted molar refractivity (Wildman–Crippen MR) is 48.9 cm³/mol. The molecule has 0 saturated carbocycles. The monoisotopic (exact) mass is 193 g/mol. The highest BCUT2D eigenvalue weighted by Gasteiger charge is 2.19. The van der Waals surface area contributed by atoms with Gasteiger partial charge in [-0.25, -0.2) is 4.98 Å². The number of ketones is 1. The van der Waals surface area contributed by atoms with Gasteiger partial charge in [0, 0.05) is 6.92 Å². The molecule has 0 aromatic carbocycles. The Kier molecular flexibility index (Phi) is 2.56. The molecule has 0 N–H and O–H groups in total. The number of carbonyl (C=O) groups excluding carboxylic acids is 1. The third kappa shape index (κ3) is 1.81. The third-order valence-electron chi connectivity index (χ3n) is 1.99. The number of hydrogen-bond acceptors (Lipinski definition) is 4. The van der Waals surface area contributed by atoms with Gasteiger partial charge < -0.3 is 9.47 Å². The van der Waals surface area contributed by atoms with Crippen molar-refractivity contribution in [3.8, 4) is 0 Å². The first-order valence-electron chi connectivity index (χ1n) is 4.48. The fraction of sp³-hybridized carbons (Fsp3) is 0.400. The molecule has 4 heteroatoms. The summed E-state index contributed by atoms with van der Waals surface area (Å²) in [6, 6.07) is 5.26. The van der Waals surface area contributed by atoms with E-state index < -0.39 is 6.29 Å². The molecule has 1 aliphatic rings. The molecule has 0 radical (unpaired) electrons. The maximum absolute atomic E-state index is 11.1. The molecule has 14 heavy (non-hydrogen) atoms. The normalized spacial score (nSPS) is 17.2. The van der Waals surface area contributed by atoms with Crippen molar-refractivity contribution in [1.29, 1.82) is 0 Å². The Morgan fingerprint density at radius 2 is 2.14 bits per heavy atom. The van der Waals surface area contributed by atoms with E-state index in [1.807, 2.05) is 0 Å². The van der Waals surface area contributed by atoms with E-state index >= 15 is 0 Å². The van der Waals surface area contributed by atoms with Crippen LogP contribution in [0.2, 0.25) is 0 Å². The smallest absolute Gasteiger partial charge is 0.201 e. The van der Waals surface area contributed by atoms with Gasteiger partial charge in [-0.15, -0.1) is 0 Å². The highest BCUT2D eigenvalue weighted by molar-refractivity contribution is 5.92. The Balaban J connectivity index is 2.25. The van der Waals surface area contributed by atoms with E-state index in [0.717, 1.165) is 0 Å². The first-order chi connectivity index (χ1) is 6.77. The summed E-state index contributed by atoms with van der Waals surface area (Å²) in [7, 11) is 0. The SMILES string of the molecule is CC(=O)c1cccc(C2OCCO2)n1. The van der Waals surface area contributed by atoms with Gasteiger partial charge >= 0.3 is 0 Å². The van der Waals surface area contributed by atoms with Crippen LogP contribution in [0, 0.1) is 0 Å². The second-order valence-electron chi connectivity index (χ2n) is 3.08. The number of nitrogens with zero attached hydrogens (tertiary/aromatic N) is 1. The van der Waals surface area contributed by atoms with Crippen LogP contribution in [0.1, 0.15) is 29.4 Å². The average molecular weight is 193 g/mol. The summed E-state index contributed by atoms with van der Waals surface area (Å²) in [5, 5.41) is 0. The standard InChI is InChI=1S/C10H11NO3/c1-7(12)8-3-2-4-9(11-8)10-13-5-6-14-10/h2-4,10H,5-6H2,1H3. The number of rotatable bonds is 2. The van der Waals surface area contributed by atoms with Gasteiger partial charge in [0.2, 0.25) is 6.29 Å². The molecule has 2 rings (SSSR count). The van der Waals surface area contributed by atoms with E-state index in [-0.39, 0.29) is 5.78 Å². The first-order valence-corrected chi connectivity index (χ1v) is 4.48. The molecule has 1 saturated heterocycles. The quantitative estimate of drug-likeness (QED) is 0.665. The van der Waals surface area contributed by atoms with E-state index in [2.05, 4.69) is 4.98 Å². The Bertz CT molecular complexity index is 345. The molecule has 1 aromatic rings. The van der Waals surface area contributed by atoms with Gasteiger partial charge in [-0.1, -0.05) is 6.07 Å². The van der Waals surface area contributed by atoms with Gasteiger partial charge in [0.05, 0.1) is 18.9 Å². The van der Waals surface area contributed by atoms with Crippen LogP contribution in [0.25, 0.3) is 0 Å². The van der Waals surface area contributed by atoms with Crippen molar-refractivity contribution < 1.29 is 14.3 Å². The summed E-state index contributed by atoms with van der Waals surface area (Å²) in [6.07, 6.45) is -0.408. The van der Waals surface area contributed by atoms with Crippen LogP contribution in [0.3, 0.4) is 0 Å². The zero-order valence-electron chi connectivity index (χ0n) is 7.90. The van der Waals surface area contributed by atoms with Crippen LogP contribution in [0.5, 0.6) is 0 Å². The van der Waals surface area contributed by atoms with E-state index in [1.165, 1.54) is 6.92 Å². The van der Waals surface area contributed by atoms with Crippen LogP contribution in [0.15, 0.2) is 18.2 Å². The van der Waals surface area contributed by atoms with Gasteiger partial charge in [-0.05, 0) is 12.1 Å². The second-order valence-corrected chi connectivity index (χ2v) is 3.08. The van der Waals surface area contributed by atoms with Gasteiger partial charge in [0.25, 0.3) is 0 Å². The molecule has 0 aliphatic carbocycles. The summed E-state index contributed by atoms with van der Waals surface area (Å²) in [4.78, 5) is 15.2. The van der Waals surface area contributed by atoms with Crippen LogP contribution in [-0.2, 0) is 9.47 Å². The van der Waals surface area contributed by atoms with Gasteiger partial charge in [-0.2, -0.15) is 0 Å². The number of hydrogen-bond donors (Lipinski definition) is 0. The lowest BCUT2D eigenvalue weighted by atomic mass is 10.2. The summed E-state index contributed by atoms with van der Waals surface area (Å²) in [5.74, 6) is -0.0511. The first kappa shape index (κ1) is 9.30. The number of Topliss-reactive ketones (excluding diaryl/α,β-unsaturated/α-hetero) is 1. The van der Waals surface area contributed by atoms with E-state index in [4.69, 9.17) is 9.47 Å². The molecule has 1 fully saturated rings. The van der Waals surface area contributed by atoms with Crippen molar-refractivity contribution >= 4 is 5.78 Å². The Morgan fingerprint density at radius 1 is 1.43 bits per heavy atom. The summed E-state index contributed by atoms with van der Waals surface area (Å²) >= 11 is 0. The lowest BCUT2D eigenvalue weighted by molar-refractivity contribution is -0.0473. The fourth-order valence-electron chi connectivity index (χ4n) is 1.31. The zero-order valence-corrected chi connectivity index (χ0v) is 7.90. The molecule has 0 atom stereocenters. The molecule has 1 aromatic heterocycles. The van der Waals surface area contributed by atoms with Gasteiger partial charge in [-0.3, -0.25) is 4.79 Å². The number of ether oxygens (including phenoxy) is 2. The van der Waals surface area contributed by atoms with Crippen molar-refractivity contribution in [2.24, 2.45) is 0 Å². The van der Waals surface area contributed by atoms with Crippen LogP contribution >= 0.6 is 0 Å². The highest BCUT2D eigenvalue weighted by Crippen LogP contribution is 2.21. The topological polar surface area (TPSA) is 48.4 Å². The van der Waals surface area contributed by atoms with Crippen LogP contribution < -0.4 is 0 Å². The van der Waals surface area contributed by atoms with Crippen LogP contribution in [-0.4, -0.2) is 24.0 Å². The molecule has 0 bridgehead atoms. The third-order valence-corrected chi connectivity index (χ3v) is 1.99. The Hall–Kier alpha value is -1.26. The number of carbonyl (C=O) groups is 1. The Morgan fingerprint density at radius 3 is 2.79 bits per heavy atom. The number of pyridine rings is 1. The molecule has 4 nitrogen and oxygen atoms in total. The second kappa shape index (κ2) is 3.86. The fourth-order valence-corrected chi connectivity index (χ4v) is 1.31. The minimum absolute atomic E-state index is 0.0511. The highest BCUT2D eigenvalue weighted by atomic mass is 16.7. The van der Waals surface area contributed by atoms with E-state index in [9.17, 15) is 4.79 Å². The van der Waals surface area contributed by atoms with Gasteiger partial charge in [0.15, 0.2) is 5.78 Å². The zero-order chi connectivity index (χ0) is 9.97. The van der Waals surface area contributed by atoms with Crippen molar-refractivity contribution in [2.75, 3.05) is 13.2 Å². The maximum Gasteiger partial charge on any atom is 0.201 e. The van der Waals surface area contributed by atoms with E-state index in [0.29, 0.717) is 24.6 Å². The lowest BCUT2D eigenvalue weighted by Crippen LogP contribution is -2.05. The molecule has 0 unspecified atom stereocenters. The molecule has 74 valence electrons.